The third-order valence-electron chi connectivity index (χ3n) is 2.12. The van der Waals surface area contributed by atoms with Crippen LogP contribution in [0.2, 0.25) is 19.6 Å². The van der Waals surface area contributed by atoms with Crippen LogP contribution in [0, 0.1) is 23.2 Å². The zero-order chi connectivity index (χ0) is 12.9. The average molecular weight is 246 g/mol. The maximum Gasteiger partial charge on any atom is 0.129 e. The van der Waals surface area contributed by atoms with Crippen LogP contribution in [0.5, 0.6) is 0 Å². The second-order valence-corrected chi connectivity index (χ2v) is 9.97. The van der Waals surface area contributed by atoms with Gasteiger partial charge in [-0.2, -0.15) is 0 Å². The predicted molar refractivity (Wildman–Crippen MR) is 75.7 cm³/mol. The molecule has 0 aliphatic heterocycles. The van der Waals surface area contributed by atoms with E-state index in [1.54, 1.807) is 12.1 Å². The van der Waals surface area contributed by atoms with Gasteiger partial charge in [0.1, 0.15) is 13.9 Å². The van der Waals surface area contributed by atoms with Gasteiger partial charge >= 0.3 is 0 Å². The van der Waals surface area contributed by atoms with Crippen molar-refractivity contribution in [3.8, 4) is 11.5 Å². The first kappa shape index (κ1) is 13.7. The van der Waals surface area contributed by atoms with Crippen LogP contribution in [0.4, 0.5) is 4.39 Å². The highest BCUT2D eigenvalue weighted by atomic mass is 28.3. The standard InChI is InChI=1S/C15H19FSi/c1-13(11-12-17(2,3)4)5-6-14-7-9-15(16)10-8-14/h5-10,13H,1-4H3/b6-5+. The van der Waals surface area contributed by atoms with Crippen molar-refractivity contribution in [2.45, 2.75) is 26.6 Å². The summed E-state index contributed by atoms with van der Waals surface area (Å²) in [4.78, 5) is 0. The van der Waals surface area contributed by atoms with E-state index in [-0.39, 0.29) is 11.7 Å². The first-order valence-corrected chi connectivity index (χ1v) is 9.33. The van der Waals surface area contributed by atoms with Gasteiger partial charge in [0, 0.05) is 5.92 Å². The topological polar surface area (TPSA) is 0 Å². The van der Waals surface area contributed by atoms with Crippen LogP contribution < -0.4 is 0 Å². The number of benzene rings is 1. The summed E-state index contributed by atoms with van der Waals surface area (Å²) in [6, 6.07) is 6.48. The van der Waals surface area contributed by atoms with Gasteiger partial charge in [-0.3, -0.25) is 0 Å². The fourth-order valence-corrected chi connectivity index (χ4v) is 1.87. The number of allylic oxidation sites excluding steroid dienone is 1. The van der Waals surface area contributed by atoms with E-state index >= 15 is 0 Å². The van der Waals surface area contributed by atoms with E-state index in [2.05, 4.69) is 44.1 Å². The van der Waals surface area contributed by atoms with Crippen LogP contribution in [0.1, 0.15) is 12.5 Å². The fourth-order valence-electron chi connectivity index (χ4n) is 1.21. The van der Waals surface area contributed by atoms with Crippen molar-refractivity contribution < 1.29 is 4.39 Å². The molecule has 0 spiro atoms. The van der Waals surface area contributed by atoms with Crippen LogP contribution >= 0.6 is 0 Å². The first-order chi connectivity index (χ1) is 7.87. The quantitative estimate of drug-likeness (QED) is 0.537. The van der Waals surface area contributed by atoms with Crippen LogP contribution in [0.3, 0.4) is 0 Å². The molecule has 0 aliphatic rings. The third kappa shape index (κ3) is 6.08. The second kappa shape index (κ2) is 5.84. The van der Waals surface area contributed by atoms with E-state index in [1.807, 2.05) is 6.08 Å². The Bertz CT molecular complexity index is 441. The van der Waals surface area contributed by atoms with Gasteiger partial charge in [0.2, 0.25) is 0 Å². The largest absolute Gasteiger partial charge is 0.207 e. The van der Waals surface area contributed by atoms with E-state index in [1.165, 1.54) is 12.1 Å². The summed E-state index contributed by atoms with van der Waals surface area (Å²) < 4.78 is 12.7. The highest BCUT2D eigenvalue weighted by molar-refractivity contribution is 6.83. The molecule has 0 aliphatic carbocycles. The van der Waals surface area contributed by atoms with Gasteiger partial charge in [0.25, 0.3) is 0 Å². The Morgan fingerprint density at radius 3 is 2.29 bits per heavy atom. The molecule has 0 heterocycles. The molecule has 0 nitrogen and oxygen atoms in total. The van der Waals surface area contributed by atoms with Crippen LogP contribution in [-0.2, 0) is 0 Å². The molecule has 1 atom stereocenters. The molecule has 1 rings (SSSR count). The molecule has 2 heteroatoms. The van der Waals surface area contributed by atoms with Crippen molar-refractivity contribution in [2.24, 2.45) is 5.92 Å². The summed E-state index contributed by atoms with van der Waals surface area (Å²) in [5.41, 5.74) is 4.35. The minimum Gasteiger partial charge on any atom is -0.207 e. The number of hydrogen-bond donors (Lipinski definition) is 0. The fraction of sp³-hybridized carbons (Fsp3) is 0.333. The smallest absolute Gasteiger partial charge is 0.129 e. The molecular weight excluding hydrogens is 227 g/mol. The summed E-state index contributed by atoms with van der Waals surface area (Å²) in [6.07, 6.45) is 4.05. The summed E-state index contributed by atoms with van der Waals surface area (Å²) >= 11 is 0. The van der Waals surface area contributed by atoms with Gasteiger partial charge in [-0.15, -0.1) is 11.5 Å². The molecule has 0 N–H and O–H groups in total. The molecule has 0 bridgehead atoms. The number of halogens is 1. The lowest BCUT2D eigenvalue weighted by Gasteiger charge is -2.04. The average Bonchev–Trinajstić information content (AvgIpc) is 2.25. The summed E-state index contributed by atoms with van der Waals surface area (Å²) in [5, 5.41) is 0. The van der Waals surface area contributed by atoms with E-state index in [0.717, 1.165) is 5.56 Å². The van der Waals surface area contributed by atoms with E-state index in [0.29, 0.717) is 0 Å². The zero-order valence-corrected chi connectivity index (χ0v) is 11.9. The molecule has 1 unspecified atom stereocenters. The van der Waals surface area contributed by atoms with Crippen molar-refractivity contribution in [3.05, 3.63) is 41.7 Å². The summed E-state index contributed by atoms with van der Waals surface area (Å²) in [6.45, 7) is 8.77. The van der Waals surface area contributed by atoms with E-state index in [4.69, 9.17) is 0 Å². The van der Waals surface area contributed by atoms with Crippen molar-refractivity contribution in [1.82, 2.24) is 0 Å². The summed E-state index contributed by atoms with van der Waals surface area (Å²) in [5.74, 6) is 3.30. The molecule has 0 radical (unpaired) electrons. The minimum absolute atomic E-state index is 0.200. The van der Waals surface area contributed by atoms with Gasteiger partial charge in [-0.05, 0) is 24.6 Å². The van der Waals surface area contributed by atoms with Crippen LogP contribution in [0.25, 0.3) is 6.08 Å². The molecule has 0 saturated heterocycles. The molecule has 1 aromatic carbocycles. The Morgan fingerprint density at radius 2 is 1.76 bits per heavy atom. The molecule has 0 fully saturated rings. The molecule has 90 valence electrons. The number of hydrogen-bond acceptors (Lipinski definition) is 0. The highest BCUT2D eigenvalue weighted by Crippen LogP contribution is 2.07. The van der Waals surface area contributed by atoms with Gasteiger partial charge in [0.15, 0.2) is 0 Å². The first-order valence-electron chi connectivity index (χ1n) is 5.83. The SMILES string of the molecule is CC(C#C[Si](C)(C)C)/C=C/c1ccc(F)cc1. The molecular formula is C15H19FSi. The summed E-state index contributed by atoms with van der Waals surface area (Å²) in [7, 11) is -1.28. The lowest BCUT2D eigenvalue weighted by atomic mass is 10.1. The maximum absolute atomic E-state index is 12.7. The molecule has 1 aromatic rings. The normalized spacial score (nSPS) is 13.2. The van der Waals surface area contributed by atoms with Gasteiger partial charge < -0.3 is 0 Å². The lowest BCUT2D eigenvalue weighted by Crippen LogP contribution is -2.16. The maximum atomic E-state index is 12.7. The second-order valence-electron chi connectivity index (χ2n) is 5.22. The third-order valence-corrected chi connectivity index (χ3v) is 3.02. The van der Waals surface area contributed by atoms with Gasteiger partial charge in [-0.25, -0.2) is 4.39 Å². The highest BCUT2D eigenvalue weighted by Gasteiger charge is 2.07. The van der Waals surface area contributed by atoms with Gasteiger partial charge in [-0.1, -0.05) is 43.9 Å². The Hall–Kier alpha value is -1.33. The Labute approximate surface area is 105 Å². The lowest BCUT2D eigenvalue weighted by molar-refractivity contribution is 0.628. The van der Waals surface area contributed by atoms with Crippen molar-refractivity contribution in [2.75, 3.05) is 0 Å². The predicted octanol–water partition coefficient (Wildman–Crippen LogP) is 4.36. The molecule has 0 aromatic heterocycles. The molecule has 17 heavy (non-hydrogen) atoms. The zero-order valence-electron chi connectivity index (χ0n) is 10.9. The van der Waals surface area contributed by atoms with Crippen molar-refractivity contribution in [3.63, 3.8) is 0 Å². The Balaban J connectivity index is 2.64. The molecule has 0 saturated carbocycles. The van der Waals surface area contributed by atoms with Crippen molar-refractivity contribution in [1.29, 1.82) is 0 Å². The van der Waals surface area contributed by atoms with Crippen molar-refractivity contribution >= 4 is 14.1 Å². The molecule has 0 amide bonds. The van der Waals surface area contributed by atoms with E-state index < -0.39 is 8.07 Å². The van der Waals surface area contributed by atoms with Crippen LogP contribution in [0.15, 0.2) is 30.3 Å². The van der Waals surface area contributed by atoms with Gasteiger partial charge in [0.05, 0.1) is 0 Å². The Morgan fingerprint density at radius 1 is 1.18 bits per heavy atom. The van der Waals surface area contributed by atoms with E-state index in [9.17, 15) is 4.39 Å². The Kier molecular flexibility index (Phi) is 4.71. The van der Waals surface area contributed by atoms with Crippen LogP contribution in [-0.4, -0.2) is 8.07 Å². The number of rotatable bonds is 2. The monoisotopic (exact) mass is 246 g/mol. The minimum atomic E-state index is -1.28.